The average molecular weight is 537 g/mol. The number of fused-ring (bicyclic) bond motifs is 1. The van der Waals surface area contributed by atoms with E-state index in [4.69, 9.17) is 9.47 Å². The van der Waals surface area contributed by atoms with E-state index in [1.807, 2.05) is 52.0 Å². The summed E-state index contributed by atoms with van der Waals surface area (Å²) in [6.07, 6.45) is 3.55. The minimum absolute atomic E-state index is 0.210. The molecule has 0 aliphatic rings. The van der Waals surface area contributed by atoms with Crippen LogP contribution in [0, 0.1) is 0 Å². The Balaban J connectivity index is 1.70. The number of carbonyl (C=O) groups excluding carboxylic acids is 1. The molecule has 0 fully saturated rings. The van der Waals surface area contributed by atoms with E-state index in [0.717, 1.165) is 29.3 Å². The highest BCUT2D eigenvalue weighted by Gasteiger charge is 2.23. The fourth-order valence-corrected chi connectivity index (χ4v) is 4.57. The summed E-state index contributed by atoms with van der Waals surface area (Å²) < 4.78 is 38.1. The van der Waals surface area contributed by atoms with Gasteiger partial charge in [0.25, 0.3) is 5.91 Å². The van der Waals surface area contributed by atoms with Crippen LogP contribution in [0.5, 0.6) is 17.2 Å². The molecule has 0 saturated carbocycles. The van der Waals surface area contributed by atoms with E-state index in [-0.39, 0.29) is 16.9 Å². The van der Waals surface area contributed by atoms with Gasteiger partial charge in [0.1, 0.15) is 11.4 Å². The van der Waals surface area contributed by atoms with Crippen LogP contribution in [-0.2, 0) is 21.9 Å². The molecule has 0 radical (unpaired) electrons. The fraction of sp³-hybridized carbons (Fsp3) is 0.286. The highest BCUT2D eigenvalue weighted by Crippen LogP contribution is 2.39. The molecular weight excluding hydrogens is 504 g/mol. The summed E-state index contributed by atoms with van der Waals surface area (Å²) in [4.78, 5) is 20.8. The predicted octanol–water partition coefficient (Wildman–Crippen LogP) is 5.85. The Bertz CT molecular complexity index is 1600. The topological polar surface area (TPSA) is 122 Å². The number of aromatic amines is 1. The molecule has 0 aliphatic carbocycles. The number of nitrogens with zero attached hydrogens (tertiary/aromatic N) is 1. The normalized spacial score (nSPS) is 11.8. The molecule has 200 valence electrons. The molecule has 4 rings (SSSR count). The number of sulfonamides is 1. The maximum Gasteiger partial charge on any atom is 0.272 e. The molecule has 0 spiro atoms. The minimum Gasteiger partial charge on any atom is -0.492 e. The predicted molar refractivity (Wildman–Crippen MR) is 150 cm³/mol. The number of aromatic nitrogens is 2. The van der Waals surface area contributed by atoms with Crippen LogP contribution in [0.4, 0.5) is 11.4 Å². The van der Waals surface area contributed by atoms with Crippen LogP contribution < -0.4 is 19.5 Å². The number of methoxy groups -OCH3 is 1. The van der Waals surface area contributed by atoms with Crippen molar-refractivity contribution in [2.45, 2.75) is 39.5 Å². The number of hydrogen-bond acceptors (Lipinski definition) is 6. The number of rotatable bonds is 8. The number of ether oxygens (including phenoxy) is 2. The maximum absolute atomic E-state index is 13.4. The van der Waals surface area contributed by atoms with E-state index in [9.17, 15) is 13.2 Å². The van der Waals surface area contributed by atoms with E-state index in [1.165, 1.54) is 7.11 Å². The van der Waals surface area contributed by atoms with Crippen LogP contribution in [0.2, 0.25) is 0 Å². The van der Waals surface area contributed by atoms with Gasteiger partial charge >= 0.3 is 0 Å². The van der Waals surface area contributed by atoms with Crippen molar-refractivity contribution in [1.82, 2.24) is 9.97 Å². The highest BCUT2D eigenvalue weighted by molar-refractivity contribution is 7.92. The number of pyridine rings is 1. The second kappa shape index (κ2) is 10.4. The molecule has 3 N–H and O–H groups in total. The molecule has 10 heteroatoms. The first-order valence-corrected chi connectivity index (χ1v) is 14.0. The Labute approximate surface area is 222 Å². The standard InChI is InChI=1S/C28H32N4O5S/c1-7-19-16-20(11-12-29-19)37-24-10-8-9-17-13-23(30-25(17)24)27(33)31-21-14-18(28(2,3)4)15-22(26(21)36-5)32-38(6,34)35/h8-16,30,32H,7H2,1-6H3,(H,31,33). The number of hydrogen-bond donors (Lipinski definition) is 3. The lowest BCUT2D eigenvalue weighted by Gasteiger charge is -2.23. The first-order chi connectivity index (χ1) is 17.9. The Kier molecular flexibility index (Phi) is 7.37. The van der Waals surface area contributed by atoms with Crippen molar-refractivity contribution in [1.29, 1.82) is 0 Å². The number of H-pyrrole nitrogens is 1. The molecule has 0 unspecified atom stereocenters. The SMILES string of the molecule is CCc1cc(Oc2cccc3cc(C(=O)Nc4cc(C(C)(C)C)cc(NS(C)(=O)=O)c4OC)[nH]c23)ccn1. The maximum atomic E-state index is 13.4. The summed E-state index contributed by atoms with van der Waals surface area (Å²) in [7, 11) is -2.17. The largest absolute Gasteiger partial charge is 0.492 e. The van der Waals surface area contributed by atoms with Crippen molar-refractivity contribution in [3.63, 3.8) is 0 Å². The number of benzene rings is 2. The number of para-hydroxylation sites is 1. The molecule has 0 bridgehead atoms. The van der Waals surface area contributed by atoms with Crippen LogP contribution in [0.3, 0.4) is 0 Å². The van der Waals surface area contributed by atoms with Gasteiger partial charge in [-0.15, -0.1) is 0 Å². The minimum atomic E-state index is -3.59. The van der Waals surface area contributed by atoms with Crippen molar-refractivity contribution in [3.8, 4) is 17.2 Å². The fourth-order valence-electron chi connectivity index (χ4n) is 4.02. The smallest absolute Gasteiger partial charge is 0.272 e. The quantitative estimate of drug-likeness (QED) is 0.260. The van der Waals surface area contributed by atoms with Gasteiger partial charge in [0.05, 0.1) is 30.3 Å². The number of carbonyl (C=O) groups is 1. The van der Waals surface area contributed by atoms with Crippen molar-refractivity contribution in [3.05, 3.63) is 71.7 Å². The van der Waals surface area contributed by atoms with Crippen molar-refractivity contribution in [2.24, 2.45) is 0 Å². The highest BCUT2D eigenvalue weighted by atomic mass is 32.2. The number of amides is 1. The first-order valence-electron chi connectivity index (χ1n) is 12.1. The van der Waals surface area contributed by atoms with Gasteiger partial charge in [-0.05, 0) is 47.7 Å². The van der Waals surface area contributed by atoms with Gasteiger partial charge in [-0.3, -0.25) is 14.5 Å². The Hall–Kier alpha value is -4.05. The number of anilines is 2. The summed E-state index contributed by atoms with van der Waals surface area (Å²) >= 11 is 0. The summed E-state index contributed by atoms with van der Waals surface area (Å²) in [5.41, 5.74) is 2.97. The molecule has 9 nitrogen and oxygen atoms in total. The van der Waals surface area contributed by atoms with Gasteiger partial charge < -0.3 is 19.8 Å². The van der Waals surface area contributed by atoms with Gasteiger partial charge in [0.2, 0.25) is 10.0 Å². The zero-order valence-corrected chi connectivity index (χ0v) is 23.1. The molecule has 38 heavy (non-hydrogen) atoms. The zero-order valence-electron chi connectivity index (χ0n) is 22.3. The zero-order chi connectivity index (χ0) is 27.7. The van der Waals surface area contributed by atoms with Crippen LogP contribution in [0.25, 0.3) is 10.9 Å². The van der Waals surface area contributed by atoms with E-state index in [1.54, 1.807) is 30.5 Å². The van der Waals surface area contributed by atoms with Gasteiger partial charge in [-0.1, -0.05) is 39.8 Å². The van der Waals surface area contributed by atoms with Crippen LogP contribution >= 0.6 is 0 Å². The van der Waals surface area contributed by atoms with E-state index >= 15 is 0 Å². The second-order valence-electron chi connectivity index (χ2n) is 10.0. The van der Waals surface area contributed by atoms with Gasteiger partial charge in [0, 0.05) is 23.3 Å². The summed E-state index contributed by atoms with van der Waals surface area (Å²) in [6.45, 7) is 8.01. The van der Waals surface area contributed by atoms with Crippen molar-refractivity contribution in [2.75, 3.05) is 23.4 Å². The molecule has 2 heterocycles. The van der Waals surface area contributed by atoms with Gasteiger partial charge in [-0.25, -0.2) is 8.42 Å². The third kappa shape index (κ3) is 6.08. The van der Waals surface area contributed by atoms with Gasteiger partial charge in [-0.2, -0.15) is 0 Å². The first kappa shape index (κ1) is 27.0. The Morgan fingerprint density at radius 1 is 1.08 bits per heavy atom. The molecule has 4 aromatic rings. The Morgan fingerprint density at radius 3 is 2.47 bits per heavy atom. The second-order valence-corrected chi connectivity index (χ2v) is 11.8. The number of nitrogens with one attached hydrogen (secondary N) is 3. The van der Waals surface area contributed by atoms with Crippen LogP contribution in [0.15, 0.2) is 54.7 Å². The summed E-state index contributed by atoms with van der Waals surface area (Å²) in [6, 6.07) is 14.5. The lowest BCUT2D eigenvalue weighted by Crippen LogP contribution is -2.18. The third-order valence-electron chi connectivity index (χ3n) is 5.94. The van der Waals surface area contributed by atoms with E-state index in [2.05, 4.69) is 20.0 Å². The molecule has 2 aromatic heterocycles. The van der Waals surface area contributed by atoms with Crippen molar-refractivity contribution >= 4 is 38.2 Å². The monoisotopic (exact) mass is 536 g/mol. The van der Waals surface area contributed by atoms with E-state index < -0.39 is 15.9 Å². The molecule has 0 atom stereocenters. The molecule has 2 aromatic carbocycles. The lowest BCUT2D eigenvalue weighted by atomic mass is 9.86. The van der Waals surface area contributed by atoms with Crippen molar-refractivity contribution < 1.29 is 22.7 Å². The van der Waals surface area contributed by atoms with Crippen LogP contribution in [0.1, 0.15) is 49.4 Å². The molecule has 0 aliphatic heterocycles. The summed E-state index contributed by atoms with van der Waals surface area (Å²) in [5, 5.41) is 3.68. The van der Waals surface area contributed by atoms with Gasteiger partial charge in [0.15, 0.2) is 11.5 Å². The third-order valence-corrected chi connectivity index (χ3v) is 6.53. The van der Waals surface area contributed by atoms with E-state index in [0.29, 0.717) is 28.4 Å². The van der Waals surface area contributed by atoms with Crippen LogP contribution in [-0.4, -0.2) is 37.7 Å². The molecular formula is C28H32N4O5S. The molecule has 0 saturated heterocycles. The number of aryl methyl sites for hydroxylation is 1. The molecule has 1 amide bonds. The Morgan fingerprint density at radius 2 is 1.82 bits per heavy atom. The summed E-state index contributed by atoms with van der Waals surface area (Å²) in [5.74, 6) is 1.02. The average Bonchev–Trinajstić information content (AvgIpc) is 3.28. The lowest BCUT2D eigenvalue weighted by molar-refractivity contribution is 0.102.